The van der Waals surface area contributed by atoms with E-state index in [0.29, 0.717) is 16.8 Å². The van der Waals surface area contributed by atoms with Crippen LogP contribution in [0.1, 0.15) is 13.3 Å². The molecule has 1 unspecified atom stereocenters. The maximum absolute atomic E-state index is 6.99. The van der Waals surface area contributed by atoms with Crippen molar-refractivity contribution in [3.05, 3.63) is 52.3 Å². The Labute approximate surface area is 133 Å². The smallest absolute Gasteiger partial charge is 0.224 e. The van der Waals surface area contributed by atoms with Gasteiger partial charge in [-0.2, -0.15) is 4.98 Å². The molecule has 1 aromatic rings. The standard InChI is InChI=1S/C14H15Cl2N5/c1-9-3-4-11(12(7-9)18-6-2-5-17)20-13-10(15)8-19-14(16)21-13/h2,4-9,17-18H,3H2,1H3,(H,19,20,21)/b6-2-,17-5?. The lowest BCUT2D eigenvalue weighted by Crippen LogP contribution is -2.18. The minimum Gasteiger partial charge on any atom is -0.360 e. The molecule has 0 amide bonds. The van der Waals surface area contributed by atoms with Crippen LogP contribution in [0.4, 0.5) is 5.82 Å². The fraction of sp³-hybridized carbons (Fsp3) is 0.214. The van der Waals surface area contributed by atoms with Crippen molar-refractivity contribution in [3.8, 4) is 0 Å². The zero-order chi connectivity index (χ0) is 15.2. The lowest BCUT2D eigenvalue weighted by molar-refractivity contribution is 0.712. The number of hydrogen-bond donors (Lipinski definition) is 3. The first-order chi connectivity index (χ1) is 10.1. The van der Waals surface area contributed by atoms with Gasteiger partial charge in [-0.05, 0) is 30.0 Å². The van der Waals surface area contributed by atoms with Crippen LogP contribution in [-0.2, 0) is 0 Å². The lowest BCUT2D eigenvalue weighted by atomic mass is 9.99. The van der Waals surface area contributed by atoms with Crippen LogP contribution in [-0.4, -0.2) is 16.2 Å². The Kier molecular flexibility index (Phi) is 5.36. The van der Waals surface area contributed by atoms with Gasteiger partial charge in [0, 0.05) is 12.4 Å². The first-order valence-corrected chi connectivity index (χ1v) is 7.15. The molecular formula is C14H15Cl2N5. The molecule has 1 aliphatic carbocycles. The van der Waals surface area contributed by atoms with Crippen molar-refractivity contribution in [1.82, 2.24) is 15.3 Å². The number of nitrogens with one attached hydrogen (secondary N) is 3. The van der Waals surface area contributed by atoms with Gasteiger partial charge in [-0.3, -0.25) is 0 Å². The second-order valence-corrected chi connectivity index (χ2v) is 5.29. The summed E-state index contributed by atoms with van der Waals surface area (Å²) in [5.41, 5.74) is 1.76. The van der Waals surface area contributed by atoms with Crippen molar-refractivity contribution < 1.29 is 0 Å². The summed E-state index contributed by atoms with van der Waals surface area (Å²) < 4.78 is 0. The van der Waals surface area contributed by atoms with Gasteiger partial charge in [0.1, 0.15) is 5.02 Å². The minimum absolute atomic E-state index is 0.133. The molecule has 0 saturated carbocycles. The molecule has 0 saturated heterocycles. The zero-order valence-corrected chi connectivity index (χ0v) is 12.9. The van der Waals surface area contributed by atoms with Gasteiger partial charge < -0.3 is 16.0 Å². The van der Waals surface area contributed by atoms with E-state index in [1.54, 1.807) is 12.3 Å². The third kappa shape index (κ3) is 4.31. The van der Waals surface area contributed by atoms with E-state index in [9.17, 15) is 0 Å². The maximum atomic E-state index is 6.99. The number of nitrogens with zero attached hydrogens (tertiary/aromatic N) is 2. The second kappa shape index (κ2) is 7.24. The molecule has 5 nitrogen and oxygen atoms in total. The monoisotopic (exact) mass is 323 g/mol. The lowest BCUT2D eigenvalue weighted by Gasteiger charge is -2.21. The van der Waals surface area contributed by atoms with Gasteiger partial charge in [0.05, 0.1) is 17.6 Å². The summed E-state index contributed by atoms with van der Waals surface area (Å²) in [6, 6.07) is 0. The van der Waals surface area contributed by atoms with Crippen molar-refractivity contribution >= 4 is 35.2 Å². The van der Waals surface area contributed by atoms with Gasteiger partial charge in [0.15, 0.2) is 5.82 Å². The molecule has 1 aromatic heterocycles. The molecule has 0 fully saturated rings. The van der Waals surface area contributed by atoms with Crippen molar-refractivity contribution in [2.45, 2.75) is 13.3 Å². The molecule has 0 bridgehead atoms. The van der Waals surface area contributed by atoms with E-state index in [4.69, 9.17) is 28.6 Å². The zero-order valence-electron chi connectivity index (χ0n) is 11.4. The Balaban J connectivity index is 2.20. The van der Waals surface area contributed by atoms with E-state index in [0.717, 1.165) is 17.8 Å². The largest absolute Gasteiger partial charge is 0.360 e. The first kappa shape index (κ1) is 15.5. The van der Waals surface area contributed by atoms with Gasteiger partial charge in [0.25, 0.3) is 0 Å². The van der Waals surface area contributed by atoms with Gasteiger partial charge in [-0.15, -0.1) is 0 Å². The van der Waals surface area contributed by atoms with Gasteiger partial charge in [-0.1, -0.05) is 30.7 Å². The number of hydrogen-bond acceptors (Lipinski definition) is 5. The van der Waals surface area contributed by atoms with Crippen LogP contribution in [0.25, 0.3) is 0 Å². The van der Waals surface area contributed by atoms with E-state index in [2.05, 4.69) is 39.7 Å². The molecule has 7 heteroatoms. The van der Waals surface area contributed by atoms with Crippen molar-refractivity contribution in [2.24, 2.45) is 5.92 Å². The molecule has 21 heavy (non-hydrogen) atoms. The Morgan fingerprint density at radius 1 is 1.38 bits per heavy atom. The Morgan fingerprint density at radius 3 is 2.95 bits per heavy atom. The molecule has 0 radical (unpaired) electrons. The van der Waals surface area contributed by atoms with Crippen LogP contribution in [0, 0.1) is 11.3 Å². The van der Waals surface area contributed by atoms with Crippen LogP contribution < -0.4 is 10.6 Å². The van der Waals surface area contributed by atoms with Crippen molar-refractivity contribution in [3.63, 3.8) is 0 Å². The van der Waals surface area contributed by atoms with Gasteiger partial charge in [0.2, 0.25) is 5.28 Å². The van der Waals surface area contributed by atoms with Gasteiger partial charge in [-0.25, -0.2) is 4.98 Å². The summed E-state index contributed by atoms with van der Waals surface area (Å²) in [6.07, 6.45) is 11.0. The fourth-order valence-corrected chi connectivity index (χ4v) is 2.12. The van der Waals surface area contributed by atoms with Crippen molar-refractivity contribution in [1.29, 1.82) is 5.41 Å². The van der Waals surface area contributed by atoms with Gasteiger partial charge >= 0.3 is 0 Å². The van der Waals surface area contributed by atoms with Crippen molar-refractivity contribution in [2.75, 3.05) is 5.32 Å². The molecule has 0 spiro atoms. The van der Waals surface area contributed by atoms with Crippen LogP contribution in [0.15, 0.2) is 42.0 Å². The van der Waals surface area contributed by atoms with E-state index in [1.807, 2.05) is 0 Å². The average Bonchev–Trinajstić information content (AvgIpc) is 2.46. The van der Waals surface area contributed by atoms with E-state index >= 15 is 0 Å². The molecule has 1 heterocycles. The highest BCUT2D eigenvalue weighted by Gasteiger charge is 2.14. The molecule has 110 valence electrons. The van der Waals surface area contributed by atoms with E-state index in [1.165, 1.54) is 12.4 Å². The normalized spacial score (nSPS) is 18.1. The quantitative estimate of drug-likeness (QED) is 0.569. The molecular weight excluding hydrogens is 309 g/mol. The first-order valence-electron chi connectivity index (χ1n) is 6.39. The average molecular weight is 324 g/mol. The summed E-state index contributed by atoms with van der Waals surface area (Å²) in [7, 11) is 0. The Bertz CT molecular complexity index is 622. The topological polar surface area (TPSA) is 73.7 Å². The number of aromatic nitrogens is 2. The molecule has 0 aliphatic heterocycles. The van der Waals surface area contributed by atoms with Crippen LogP contribution in [0.5, 0.6) is 0 Å². The van der Waals surface area contributed by atoms with Crippen LogP contribution in [0.2, 0.25) is 10.3 Å². The highest BCUT2D eigenvalue weighted by atomic mass is 35.5. The SMILES string of the molecule is CC1C=C(N/C=C\C=N)C(Nc2nc(Cl)ncc2Cl)=CC1. The predicted molar refractivity (Wildman–Crippen MR) is 86.7 cm³/mol. The summed E-state index contributed by atoms with van der Waals surface area (Å²) in [5.74, 6) is 0.886. The number of halogens is 2. The summed E-state index contributed by atoms with van der Waals surface area (Å²) in [5, 5.41) is 13.8. The molecule has 1 aliphatic rings. The number of allylic oxidation sites excluding steroid dienone is 3. The molecule has 0 aromatic carbocycles. The van der Waals surface area contributed by atoms with Crippen LogP contribution in [0.3, 0.4) is 0 Å². The number of rotatable bonds is 5. The predicted octanol–water partition coefficient (Wildman–Crippen LogP) is 3.76. The minimum atomic E-state index is 0.133. The van der Waals surface area contributed by atoms with Crippen LogP contribution >= 0.6 is 23.2 Å². The highest BCUT2D eigenvalue weighted by Crippen LogP contribution is 2.26. The number of anilines is 1. The summed E-state index contributed by atoms with van der Waals surface area (Å²) >= 11 is 11.9. The molecule has 3 N–H and O–H groups in total. The Hall–Kier alpha value is -1.85. The third-order valence-electron chi connectivity index (χ3n) is 2.83. The maximum Gasteiger partial charge on any atom is 0.224 e. The highest BCUT2D eigenvalue weighted by molar-refractivity contribution is 6.33. The Morgan fingerprint density at radius 2 is 2.19 bits per heavy atom. The molecule has 2 rings (SSSR count). The summed E-state index contributed by atoms with van der Waals surface area (Å²) in [6.45, 7) is 2.13. The second-order valence-electron chi connectivity index (χ2n) is 4.54. The fourth-order valence-electron chi connectivity index (χ4n) is 1.85. The van der Waals surface area contributed by atoms with E-state index < -0.39 is 0 Å². The summed E-state index contributed by atoms with van der Waals surface area (Å²) in [4.78, 5) is 7.90. The van der Waals surface area contributed by atoms with E-state index in [-0.39, 0.29) is 5.28 Å². The molecule has 1 atom stereocenters. The third-order valence-corrected chi connectivity index (χ3v) is 3.29.